The molecule has 192 valence electrons. The number of benzene rings is 2. The van der Waals surface area contributed by atoms with Gasteiger partial charge in [0, 0.05) is 35.0 Å². The zero-order chi connectivity index (χ0) is 26.3. The molecule has 1 unspecified atom stereocenters. The Labute approximate surface area is 225 Å². The van der Waals surface area contributed by atoms with Crippen LogP contribution in [0.1, 0.15) is 39.2 Å². The van der Waals surface area contributed by atoms with Gasteiger partial charge in [-0.1, -0.05) is 51.3 Å². The van der Waals surface area contributed by atoms with Crippen LogP contribution in [0.25, 0.3) is 0 Å². The van der Waals surface area contributed by atoms with E-state index in [0.717, 1.165) is 20.6 Å². The molecule has 0 aliphatic carbocycles. The van der Waals surface area contributed by atoms with Gasteiger partial charge < -0.3 is 10.2 Å². The van der Waals surface area contributed by atoms with Crippen molar-refractivity contribution in [1.82, 2.24) is 10.2 Å². The molecule has 0 aromatic heterocycles. The number of halogens is 3. The predicted molar refractivity (Wildman–Crippen MR) is 145 cm³/mol. The molecule has 2 aromatic carbocycles. The normalized spacial score (nSPS) is 12.3. The van der Waals surface area contributed by atoms with E-state index in [2.05, 4.69) is 21.2 Å². The molecule has 1 N–H and O–H groups in total. The van der Waals surface area contributed by atoms with Crippen LogP contribution >= 0.6 is 39.1 Å². The van der Waals surface area contributed by atoms with Crippen molar-refractivity contribution < 1.29 is 18.0 Å². The maximum absolute atomic E-state index is 13.3. The molecule has 7 nitrogen and oxygen atoms in total. The summed E-state index contributed by atoms with van der Waals surface area (Å²) >= 11 is 15.7. The van der Waals surface area contributed by atoms with Gasteiger partial charge in [0.25, 0.3) is 0 Å². The third-order valence-corrected chi connectivity index (χ3v) is 7.40. The Hall–Kier alpha value is -1.81. The van der Waals surface area contributed by atoms with Crippen molar-refractivity contribution >= 4 is 66.7 Å². The Balaban J connectivity index is 2.21. The fourth-order valence-corrected chi connectivity index (χ4v) is 5.33. The van der Waals surface area contributed by atoms with Crippen molar-refractivity contribution in [2.24, 2.45) is 0 Å². The highest BCUT2D eigenvalue weighted by Crippen LogP contribution is 2.31. The average Bonchev–Trinajstić information content (AvgIpc) is 2.75. The standard InChI is InChI=1S/C24H30BrCl2N3O4S/c1-16(2)28-24(32)17(3)29(15-18-7-5-8-19(25)13-18)23(31)9-6-12-30(35(4,33)34)22-14-20(26)10-11-21(22)27/h5,7-8,10-11,13-14,16-17H,6,9,12,15H2,1-4H3,(H,28,32). The third-order valence-electron chi connectivity index (χ3n) is 5.17. The summed E-state index contributed by atoms with van der Waals surface area (Å²) in [6.07, 6.45) is 1.34. The zero-order valence-corrected chi connectivity index (χ0v) is 24.0. The van der Waals surface area contributed by atoms with Crippen LogP contribution in [0.3, 0.4) is 0 Å². The molecular formula is C24H30BrCl2N3O4S. The molecule has 0 spiro atoms. The molecule has 0 bridgehead atoms. The number of hydrogen-bond acceptors (Lipinski definition) is 4. The van der Waals surface area contributed by atoms with Crippen molar-refractivity contribution in [1.29, 1.82) is 0 Å². The van der Waals surface area contributed by atoms with Gasteiger partial charge in [0.2, 0.25) is 21.8 Å². The lowest BCUT2D eigenvalue weighted by molar-refractivity contribution is -0.140. The monoisotopic (exact) mass is 605 g/mol. The molecule has 0 aliphatic heterocycles. The SMILES string of the molecule is CC(C)NC(=O)C(C)N(Cc1cccc(Br)c1)C(=O)CCCN(c1cc(Cl)ccc1Cl)S(C)(=O)=O. The van der Waals surface area contributed by atoms with Crippen LogP contribution in [0.15, 0.2) is 46.9 Å². The molecule has 35 heavy (non-hydrogen) atoms. The van der Waals surface area contributed by atoms with E-state index in [1.165, 1.54) is 17.0 Å². The second kappa shape index (κ2) is 12.9. The van der Waals surface area contributed by atoms with Crippen molar-refractivity contribution in [2.45, 2.75) is 52.2 Å². The molecule has 1 atom stereocenters. The summed E-state index contributed by atoms with van der Waals surface area (Å²) < 4.78 is 26.9. The van der Waals surface area contributed by atoms with Gasteiger partial charge in [0.15, 0.2) is 0 Å². The predicted octanol–water partition coefficient (Wildman–Crippen LogP) is 5.24. The van der Waals surface area contributed by atoms with Gasteiger partial charge >= 0.3 is 0 Å². The van der Waals surface area contributed by atoms with Crippen LogP contribution in [-0.4, -0.2) is 50.0 Å². The van der Waals surface area contributed by atoms with Gasteiger partial charge in [-0.25, -0.2) is 8.42 Å². The Kier molecular flexibility index (Phi) is 10.9. The van der Waals surface area contributed by atoms with Gasteiger partial charge in [-0.2, -0.15) is 0 Å². The first-order valence-electron chi connectivity index (χ1n) is 11.1. The summed E-state index contributed by atoms with van der Waals surface area (Å²) in [6, 6.07) is 11.3. The number of nitrogens with zero attached hydrogens (tertiary/aromatic N) is 2. The summed E-state index contributed by atoms with van der Waals surface area (Å²) in [4.78, 5) is 27.5. The number of hydrogen-bond donors (Lipinski definition) is 1. The first-order chi connectivity index (χ1) is 16.3. The Morgan fingerprint density at radius 1 is 1.09 bits per heavy atom. The highest BCUT2D eigenvalue weighted by Gasteiger charge is 2.27. The number of amides is 2. The van der Waals surface area contributed by atoms with Gasteiger partial charge in [-0.15, -0.1) is 0 Å². The minimum Gasteiger partial charge on any atom is -0.352 e. The van der Waals surface area contributed by atoms with Crippen LogP contribution in [0.2, 0.25) is 10.0 Å². The molecule has 0 radical (unpaired) electrons. The van der Waals surface area contributed by atoms with Crippen LogP contribution in [0.5, 0.6) is 0 Å². The molecule has 0 heterocycles. The maximum Gasteiger partial charge on any atom is 0.242 e. The molecular weight excluding hydrogens is 577 g/mol. The number of nitrogens with one attached hydrogen (secondary N) is 1. The fourth-order valence-electron chi connectivity index (χ4n) is 3.48. The minimum atomic E-state index is -3.68. The van der Waals surface area contributed by atoms with Gasteiger partial charge in [0.05, 0.1) is 17.0 Å². The second-order valence-electron chi connectivity index (χ2n) is 8.53. The largest absolute Gasteiger partial charge is 0.352 e. The number of rotatable bonds is 11. The molecule has 2 rings (SSSR count). The first-order valence-corrected chi connectivity index (χ1v) is 14.5. The molecule has 2 amide bonds. The quantitative estimate of drug-likeness (QED) is 0.379. The van der Waals surface area contributed by atoms with E-state index in [4.69, 9.17) is 23.2 Å². The lowest BCUT2D eigenvalue weighted by Crippen LogP contribution is -2.49. The topological polar surface area (TPSA) is 86.8 Å². The van der Waals surface area contributed by atoms with Gasteiger partial charge in [-0.05, 0) is 63.1 Å². The molecule has 0 aliphatic rings. The lowest BCUT2D eigenvalue weighted by Gasteiger charge is -2.30. The van der Waals surface area contributed by atoms with Crippen LogP contribution in [0, 0.1) is 0 Å². The van der Waals surface area contributed by atoms with Crippen LogP contribution in [-0.2, 0) is 26.2 Å². The second-order valence-corrected chi connectivity index (χ2v) is 12.2. The van der Waals surface area contributed by atoms with Crippen molar-refractivity contribution in [3.8, 4) is 0 Å². The van der Waals surface area contributed by atoms with E-state index >= 15 is 0 Å². The number of anilines is 1. The Bertz CT molecular complexity index is 1160. The van der Waals surface area contributed by atoms with Gasteiger partial charge in [0.1, 0.15) is 6.04 Å². The van der Waals surface area contributed by atoms with Crippen molar-refractivity contribution in [2.75, 3.05) is 17.1 Å². The van der Waals surface area contributed by atoms with E-state index < -0.39 is 16.1 Å². The van der Waals surface area contributed by atoms with E-state index in [0.29, 0.717) is 5.02 Å². The third kappa shape index (κ3) is 8.97. The number of carbonyl (C=O) groups is 2. The summed E-state index contributed by atoms with van der Waals surface area (Å²) in [5, 5.41) is 3.43. The summed E-state index contributed by atoms with van der Waals surface area (Å²) in [5.74, 6) is -0.520. The Morgan fingerprint density at radius 3 is 2.37 bits per heavy atom. The lowest BCUT2D eigenvalue weighted by atomic mass is 10.1. The molecule has 0 saturated carbocycles. The zero-order valence-electron chi connectivity index (χ0n) is 20.1. The molecule has 0 fully saturated rings. The first kappa shape index (κ1) is 29.4. The van der Waals surface area contributed by atoms with Crippen molar-refractivity contribution in [3.05, 3.63) is 62.5 Å². The number of carbonyl (C=O) groups excluding carboxylic acids is 2. The van der Waals surface area contributed by atoms with E-state index in [-0.39, 0.29) is 54.5 Å². The van der Waals surface area contributed by atoms with Gasteiger partial charge in [-0.3, -0.25) is 13.9 Å². The Morgan fingerprint density at radius 2 is 1.77 bits per heavy atom. The molecule has 2 aromatic rings. The maximum atomic E-state index is 13.3. The molecule has 11 heteroatoms. The smallest absolute Gasteiger partial charge is 0.242 e. The van der Waals surface area contributed by atoms with Crippen LogP contribution in [0.4, 0.5) is 5.69 Å². The average molecular weight is 607 g/mol. The minimum absolute atomic E-state index is 0.0297. The van der Waals surface area contributed by atoms with E-state index in [1.807, 2.05) is 38.1 Å². The molecule has 0 saturated heterocycles. The number of sulfonamides is 1. The highest BCUT2D eigenvalue weighted by molar-refractivity contribution is 9.10. The van der Waals surface area contributed by atoms with Crippen LogP contribution < -0.4 is 9.62 Å². The van der Waals surface area contributed by atoms with E-state index in [1.54, 1.807) is 13.0 Å². The summed E-state index contributed by atoms with van der Waals surface area (Å²) in [7, 11) is -3.68. The summed E-state index contributed by atoms with van der Waals surface area (Å²) in [5.41, 5.74) is 1.12. The van der Waals surface area contributed by atoms with E-state index in [9.17, 15) is 18.0 Å². The fraction of sp³-hybridized carbons (Fsp3) is 0.417. The summed E-state index contributed by atoms with van der Waals surface area (Å²) in [6.45, 7) is 5.66. The van der Waals surface area contributed by atoms with Crippen molar-refractivity contribution in [3.63, 3.8) is 0 Å². The highest BCUT2D eigenvalue weighted by atomic mass is 79.9.